The van der Waals surface area contributed by atoms with E-state index < -0.39 is 6.04 Å². The zero-order valence-corrected chi connectivity index (χ0v) is 9.91. The van der Waals surface area contributed by atoms with E-state index in [-0.39, 0.29) is 5.91 Å². The number of hydrogen-bond donors (Lipinski definition) is 2. The summed E-state index contributed by atoms with van der Waals surface area (Å²) >= 11 is 0. The van der Waals surface area contributed by atoms with Gasteiger partial charge in [-0.1, -0.05) is 13.0 Å². The van der Waals surface area contributed by atoms with Crippen LogP contribution in [0.15, 0.2) is 18.2 Å². The molecule has 0 aliphatic carbocycles. The Morgan fingerprint density at radius 3 is 2.81 bits per heavy atom. The van der Waals surface area contributed by atoms with Crippen molar-refractivity contribution in [3.8, 4) is 5.75 Å². The monoisotopic (exact) mass is 222 g/mol. The molecule has 3 N–H and O–H groups in total. The molecule has 1 unspecified atom stereocenters. The van der Waals surface area contributed by atoms with Gasteiger partial charge in [-0.25, -0.2) is 0 Å². The number of benzene rings is 1. The van der Waals surface area contributed by atoms with Crippen LogP contribution in [0, 0.1) is 6.92 Å². The van der Waals surface area contributed by atoms with E-state index >= 15 is 0 Å². The highest BCUT2D eigenvalue weighted by molar-refractivity contribution is 5.95. The molecular formula is C12H18N2O2. The second-order valence-corrected chi connectivity index (χ2v) is 3.71. The van der Waals surface area contributed by atoms with Crippen molar-refractivity contribution >= 4 is 11.6 Å². The van der Waals surface area contributed by atoms with Crippen LogP contribution in [0.2, 0.25) is 0 Å². The van der Waals surface area contributed by atoms with Crippen molar-refractivity contribution in [3.05, 3.63) is 23.8 Å². The van der Waals surface area contributed by atoms with E-state index in [1.807, 2.05) is 32.0 Å². The van der Waals surface area contributed by atoms with E-state index in [4.69, 9.17) is 10.5 Å². The normalized spacial score (nSPS) is 12.0. The number of methoxy groups -OCH3 is 1. The average molecular weight is 222 g/mol. The van der Waals surface area contributed by atoms with Crippen LogP contribution in [0.4, 0.5) is 5.69 Å². The Hall–Kier alpha value is -1.55. The minimum Gasteiger partial charge on any atom is -0.495 e. The molecule has 0 bridgehead atoms. The summed E-state index contributed by atoms with van der Waals surface area (Å²) in [5, 5.41) is 2.75. The Kier molecular flexibility index (Phi) is 4.31. The quantitative estimate of drug-likeness (QED) is 0.814. The van der Waals surface area contributed by atoms with Gasteiger partial charge in [-0.2, -0.15) is 0 Å². The molecule has 0 aliphatic heterocycles. The molecule has 0 heterocycles. The van der Waals surface area contributed by atoms with Gasteiger partial charge in [0.2, 0.25) is 5.91 Å². The van der Waals surface area contributed by atoms with Gasteiger partial charge in [-0.3, -0.25) is 4.79 Å². The van der Waals surface area contributed by atoms with Crippen molar-refractivity contribution in [1.29, 1.82) is 0 Å². The maximum atomic E-state index is 11.6. The van der Waals surface area contributed by atoms with Crippen molar-refractivity contribution in [1.82, 2.24) is 0 Å². The fraction of sp³-hybridized carbons (Fsp3) is 0.417. The fourth-order valence-electron chi connectivity index (χ4n) is 1.31. The van der Waals surface area contributed by atoms with Gasteiger partial charge in [-0.05, 0) is 31.0 Å². The van der Waals surface area contributed by atoms with Crippen molar-refractivity contribution < 1.29 is 9.53 Å². The van der Waals surface area contributed by atoms with E-state index in [0.29, 0.717) is 17.9 Å². The molecular weight excluding hydrogens is 204 g/mol. The molecule has 88 valence electrons. The zero-order valence-electron chi connectivity index (χ0n) is 9.91. The molecule has 0 radical (unpaired) electrons. The summed E-state index contributed by atoms with van der Waals surface area (Å²) in [6.07, 6.45) is 0.611. The van der Waals surface area contributed by atoms with Crippen LogP contribution in [-0.4, -0.2) is 19.1 Å². The van der Waals surface area contributed by atoms with Gasteiger partial charge in [0.1, 0.15) is 5.75 Å². The molecule has 1 rings (SSSR count). The van der Waals surface area contributed by atoms with Crippen molar-refractivity contribution in [2.24, 2.45) is 5.73 Å². The molecule has 0 fully saturated rings. The third kappa shape index (κ3) is 2.97. The highest BCUT2D eigenvalue weighted by atomic mass is 16.5. The summed E-state index contributed by atoms with van der Waals surface area (Å²) in [4.78, 5) is 11.6. The van der Waals surface area contributed by atoms with Gasteiger partial charge in [0.05, 0.1) is 18.8 Å². The molecule has 16 heavy (non-hydrogen) atoms. The van der Waals surface area contributed by atoms with Gasteiger partial charge in [0.25, 0.3) is 0 Å². The molecule has 1 atom stereocenters. The number of nitrogens with one attached hydrogen (secondary N) is 1. The van der Waals surface area contributed by atoms with Gasteiger partial charge in [0.15, 0.2) is 0 Å². The molecule has 0 saturated heterocycles. The van der Waals surface area contributed by atoms with Gasteiger partial charge in [0, 0.05) is 0 Å². The third-order valence-corrected chi connectivity index (χ3v) is 2.39. The first-order valence-electron chi connectivity index (χ1n) is 5.29. The Balaban J connectivity index is 2.84. The Labute approximate surface area is 95.8 Å². The summed E-state index contributed by atoms with van der Waals surface area (Å²) < 4.78 is 5.18. The number of hydrogen-bond acceptors (Lipinski definition) is 3. The lowest BCUT2D eigenvalue weighted by molar-refractivity contribution is -0.117. The van der Waals surface area contributed by atoms with Crippen LogP contribution in [0.1, 0.15) is 18.9 Å². The summed E-state index contributed by atoms with van der Waals surface area (Å²) in [6.45, 7) is 3.84. The van der Waals surface area contributed by atoms with E-state index in [9.17, 15) is 4.79 Å². The number of aryl methyl sites for hydroxylation is 1. The van der Waals surface area contributed by atoms with Gasteiger partial charge in [-0.15, -0.1) is 0 Å². The van der Waals surface area contributed by atoms with Crippen molar-refractivity contribution in [3.63, 3.8) is 0 Å². The highest BCUT2D eigenvalue weighted by Gasteiger charge is 2.13. The minimum absolute atomic E-state index is 0.190. The minimum atomic E-state index is -0.481. The first-order valence-corrected chi connectivity index (χ1v) is 5.29. The lowest BCUT2D eigenvalue weighted by atomic mass is 10.2. The van der Waals surface area contributed by atoms with Crippen LogP contribution >= 0.6 is 0 Å². The maximum absolute atomic E-state index is 11.6. The van der Waals surface area contributed by atoms with Crippen LogP contribution in [0.3, 0.4) is 0 Å². The molecule has 0 saturated carbocycles. The zero-order chi connectivity index (χ0) is 12.1. The number of carbonyl (C=O) groups is 1. The molecule has 1 amide bonds. The summed E-state index contributed by atoms with van der Waals surface area (Å²) in [5.74, 6) is 0.460. The predicted molar refractivity (Wildman–Crippen MR) is 64.6 cm³/mol. The van der Waals surface area contributed by atoms with E-state index in [2.05, 4.69) is 5.32 Å². The largest absolute Gasteiger partial charge is 0.495 e. The first kappa shape index (κ1) is 12.5. The first-order chi connectivity index (χ1) is 7.58. The summed E-state index contributed by atoms with van der Waals surface area (Å²) in [5.41, 5.74) is 7.37. The highest BCUT2D eigenvalue weighted by Crippen LogP contribution is 2.25. The fourth-order valence-corrected chi connectivity index (χ4v) is 1.31. The lowest BCUT2D eigenvalue weighted by Gasteiger charge is -2.13. The van der Waals surface area contributed by atoms with Crippen LogP contribution in [0.25, 0.3) is 0 Å². The molecule has 1 aromatic rings. The smallest absolute Gasteiger partial charge is 0.241 e. The Bertz CT molecular complexity index is 377. The Morgan fingerprint density at radius 1 is 1.56 bits per heavy atom. The number of rotatable bonds is 4. The van der Waals surface area contributed by atoms with Crippen LogP contribution < -0.4 is 15.8 Å². The summed E-state index contributed by atoms with van der Waals surface area (Å²) in [6, 6.07) is 5.11. The topological polar surface area (TPSA) is 64.4 Å². The number of ether oxygens (including phenoxy) is 1. The molecule has 1 aromatic carbocycles. The van der Waals surface area contributed by atoms with Gasteiger partial charge >= 0.3 is 0 Å². The number of anilines is 1. The molecule has 0 aromatic heterocycles. The van der Waals surface area contributed by atoms with Crippen molar-refractivity contribution in [2.45, 2.75) is 26.3 Å². The van der Waals surface area contributed by atoms with Crippen LogP contribution in [0.5, 0.6) is 5.75 Å². The van der Waals surface area contributed by atoms with Crippen LogP contribution in [-0.2, 0) is 4.79 Å². The molecule has 4 heteroatoms. The standard InChI is InChI=1S/C12H18N2O2/c1-4-9(13)12(15)14-10-6-5-8(2)7-11(10)16-3/h5-7,9H,4,13H2,1-3H3,(H,14,15). The maximum Gasteiger partial charge on any atom is 0.241 e. The predicted octanol–water partition coefficient (Wildman–Crippen LogP) is 1.68. The second kappa shape index (κ2) is 5.51. The SMILES string of the molecule is CCC(N)C(=O)Nc1ccc(C)cc1OC. The number of carbonyl (C=O) groups excluding carboxylic acids is 1. The molecule has 0 aliphatic rings. The van der Waals surface area contributed by atoms with Crippen molar-refractivity contribution in [2.75, 3.05) is 12.4 Å². The van der Waals surface area contributed by atoms with E-state index in [0.717, 1.165) is 5.56 Å². The lowest BCUT2D eigenvalue weighted by Crippen LogP contribution is -2.34. The number of amides is 1. The molecule has 4 nitrogen and oxygen atoms in total. The number of nitrogens with two attached hydrogens (primary N) is 1. The second-order valence-electron chi connectivity index (χ2n) is 3.71. The Morgan fingerprint density at radius 2 is 2.25 bits per heavy atom. The third-order valence-electron chi connectivity index (χ3n) is 2.39. The summed E-state index contributed by atoms with van der Waals surface area (Å²) in [7, 11) is 1.57. The molecule has 0 spiro atoms. The van der Waals surface area contributed by atoms with E-state index in [1.54, 1.807) is 7.11 Å². The van der Waals surface area contributed by atoms with E-state index in [1.165, 1.54) is 0 Å². The van der Waals surface area contributed by atoms with Gasteiger partial charge < -0.3 is 15.8 Å². The average Bonchev–Trinajstić information content (AvgIpc) is 2.30.